The van der Waals surface area contributed by atoms with Crippen molar-refractivity contribution in [2.24, 2.45) is 0 Å². The van der Waals surface area contributed by atoms with Gasteiger partial charge in [-0.1, -0.05) is 0 Å². The molecule has 1 N–H and O–H groups in total. The summed E-state index contributed by atoms with van der Waals surface area (Å²) < 4.78 is 26.3. The van der Waals surface area contributed by atoms with Crippen LogP contribution in [-0.4, -0.2) is 37.6 Å². The summed E-state index contributed by atoms with van der Waals surface area (Å²) in [5.74, 6) is 0.290. The molecule has 1 fully saturated rings. The molecule has 0 unspecified atom stereocenters. The first-order valence-electron chi connectivity index (χ1n) is 7.41. The van der Waals surface area contributed by atoms with Gasteiger partial charge in [-0.25, -0.2) is 8.42 Å². The van der Waals surface area contributed by atoms with E-state index in [1.165, 1.54) is 23.3 Å². The van der Waals surface area contributed by atoms with E-state index in [2.05, 4.69) is 16.8 Å². The fraction of sp³-hybridized carbons (Fsp3) is 0.714. The highest BCUT2D eigenvalue weighted by Crippen LogP contribution is 2.26. The number of hydrogen-bond donors (Lipinski definition) is 1. The third kappa shape index (κ3) is 3.61. The zero-order chi connectivity index (χ0) is 14.0. The average molecular weight is 314 g/mol. The maximum absolute atomic E-state index is 12.3. The highest BCUT2D eigenvalue weighted by atomic mass is 32.2. The summed E-state index contributed by atoms with van der Waals surface area (Å²) in [5, 5.41) is 5.48. The van der Waals surface area contributed by atoms with Crippen LogP contribution >= 0.6 is 11.3 Å². The van der Waals surface area contributed by atoms with E-state index in [0.717, 1.165) is 25.8 Å². The van der Waals surface area contributed by atoms with E-state index < -0.39 is 10.0 Å². The second kappa shape index (κ2) is 6.13. The van der Waals surface area contributed by atoms with Crippen LogP contribution in [-0.2, 0) is 23.0 Å². The first kappa shape index (κ1) is 14.5. The van der Waals surface area contributed by atoms with Crippen molar-refractivity contribution in [3.05, 3.63) is 21.9 Å². The minimum atomic E-state index is -3.08. The third-order valence-electron chi connectivity index (χ3n) is 4.01. The van der Waals surface area contributed by atoms with Crippen LogP contribution in [0.15, 0.2) is 11.4 Å². The van der Waals surface area contributed by atoms with Crippen LogP contribution in [0.2, 0.25) is 0 Å². The lowest BCUT2D eigenvalue weighted by molar-refractivity contribution is 0.393. The molecule has 0 bridgehead atoms. The van der Waals surface area contributed by atoms with Crippen LogP contribution in [0.1, 0.15) is 36.1 Å². The van der Waals surface area contributed by atoms with Gasteiger partial charge in [-0.2, -0.15) is 4.31 Å². The molecule has 112 valence electrons. The van der Waals surface area contributed by atoms with Crippen LogP contribution in [0, 0.1) is 0 Å². The van der Waals surface area contributed by atoms with Crippen molar-refractivity contribution in [3.8, 4) is 0 Å². The van der Waals surface area contributed by atoms with Crippen molar-refractivity contribution >= 4 is 21.4 Å². The molecule has 20 heavy (non-hydrogen) atoms. The SMILES string of the molecule is O=S(=O)(CCCCNC1CC1)N1CCc2sccc2C1. The number of thiophene rings is 1. The molecule has 1 aromatic heterocycles. The summed E-state index contributed by atoms with van der Waals surface area (Å²) in [6.45, 7) is 2.17. The van der Waals surface area contributed by atoms with Gasteiger partial charge in [0, 0.05) is 24.0 Å². The third-order valence-corrected chi connectivity index (χ3v) is 6.93. The smallest absolute Gasteiger partial charge is 0.214 e. The van der Waals surface area contributed by atoms with Crippen molar-refractivity contribution in [1.29, 1.82) is 0 Å². The lowest BCUT2D eigenvalue weighted by Gasteiger charge is -2.26. The van der Waals surface area contributed by atoms with Crippen LogP contribution in [0.4, 0.5) is 0 Å². The zero-order valence-electron chi connectivity index (χ0n) is 11.7. The van der Waals surface area contributed by atoms with Crippen LogP contribution in [0.3, 0.4) is 0 Å². The number of rotatable bonds is 7. The van der Waals surface area contributed by atoms with Gasteiger partial charge in [-0.05, 0) is 55.7 Å². The maximum atomic E-state index is 12.3. The molecule has 3 rings (SSSR count). The molecule has 2 heterocycles. The number of nitrogens with one attached hydrogen (secondary N) is 1. The standard InChI is InChI=1S/C14H22N2O2S2/c17-20(18,10-2-1-7-15-13-3-4-13)16-8-5-14-12(11-16)6-9-19-14/h6,9,13,15H,1-5,7-8,10-11H2. The van der Waals surface area contributed by atoms with Crippen molar-refractivity contribution in [2.45, 2.75) is 44.7 Å². The summed E-state index contributed by atoms with van der Waals surface area (Å²) in [6, 6.07) is 2.77. The Morgan fingerprint density at radius 3 is 3.00 bits per heavy atom. The Bertz CT molecular complexity index is 549. The van der Waals surface area contributed by atoms with E-state index in [-0.39, 0.29) is 0 Å². The normalized spacial score (nSPS) is 20.0. The molecule has 1 aromatic rings. The average Bonchev–Trinajstić information content (AvgIpc) is 3.13. The number of unbranched alkanes of at least 4 members (excludes halogenated alkanes) is 1. The lowest BCUT2D eigenvalue weighted by Crippen LogP contribution is -2.37. The van der Waals surface area contributed by atoms with E-state index in [4.69, 9.17) is 0 Å². The summed E-state index contributed by atoms with van der Waals surface area (Å²) in [7, 11) is -3.08. The van der Waals surface area contributed by atoms with Crippen molar-refractivity contribution < 1.29 is 8.42 Å². The van der Waals surface area contributed by atoms with Gasteiger partial charge in [0.15, 0.2) is 0 Å². The van der Waals surface area contributed by atoms with Crippen molar-refractivity contribution in [1.82, 2.24) is 9.62 Å². The largest absolute Gasteiger partial charge is 0.314 e. The van der Waals surface area contributed by atoms with E-state index in [9.17, 15) is 8.42 Å². The van der Waals surface area contributed by atoms with Gasteiger partial charge < -0.3 is 5.32 Å². The quantitative estimate of drug-likeness (QED) is 0.783. The topological polar surface area (TPSA) is 49.4 Å². The predicted molar refractivity (Wildman–Crippen MR) is 82.5 cm³/mol. The lowest BCUT2D eigenvalue weighted by atomic mass is 10.1. The minimum absolute atomic E-state index is 0.290. The van der Waals surface area contributed by atoms with Crippen molar-refractivity contribution in [2.75, 3.05) is 18.8 Å². The molecule has 1 saturated carbocycles. The Morgan fingerprint density at radius 2 is 2.20 bits per heavy atom. The molecule has 0 atom stereocenters. The van der Waals surface area contributed by atoms with Gasteiger partial charge in [0.2, 0.25) is 10.0 Å². The molecule has 1 aliphatic carbocycles. The van der Waals surface area contributed by atoms with Gasteiger partial charge in [0.05, 0.1) is 5.75 Å². The summed E-state index contributed by atoms with van der Waals surface area (Å²) >= 11 is 1.74. The molecule has 6 heteroatoms. The Labute approximate surface area is 125 Å². The minimum Gasteiger partial charge on any atom is -0.314 e. The second-order valence-corrected chi connectivity index (χ2v) is 8.79. The van der Waals surface area contributed by atoms with Gasteiger partial charge in [-0.3, -0.25) is 0 Å². The molecule has 0 saturated heterocycles. The van der Waals surface area contributed by atoms with E-state index >= 15 is 0 Å². The highest BCUT2D eigenvalue weighted by molar-refractivity contribution is 7.89. The summed E-state index contributed by atoms with van der Waals surface area (Å²) in [6.07, 6.45) is 5.15. The molecular weight excluding hydrogens is 292 g/mol. The van der Waals surface area contributed by atoms with E-state index in [0.29, 0.717) is 24.9 Å². The molecule has 0 spiro atoms. The number of hydrogen-bond acceptors (Lipinski definition) is 4. The maximum Gasteiger partial charge on any atom is 0.214 e. The van der Waals surface area contributed by atoms with Crippen LogP contribution < -0.4 is 5.32 Å². The number of sulfonamides is 1. The molecule has 0 amide bonds. The molecule has 0 radical (unpaired) electrons. The van der Waals surface area contributed by atoms with E-state index in [1.54, 1.807) is 15.6 Å². The van der Waals surface area contributed by atoms with Gasteiger partial charge >= 0.3 is 0 Å². The fourth-order valence-electron chi connectivity index (χ4n) is 2.59. The Morgan fingerprint density at radius 1 is 1.35 bits per heavy atom. The Kier molecular flexibility index (Phi) is 4.45. The fourth-order valence-corrected chi connectivity index (χ4v) is 5.01. The first-order valence-corrected chi connectivity index (χ1v) is 9.90. The second-order valence-electron chi connectivity index (χ2n) is 5.70. The highest BCUT2D eigenvalue weighted by Gasteiger charge is 2.26. The molecule has 4 nitrogen and oxygen atoms in total. The summed E-state index contributed by atoms with van der Waals surface area (Å²) in [4.78, 5) is 1.35. The Hall–Kier alpha value is -0.430. The van der Waals surface area contributed by atoms with Crippen LogP contribution in [0.5, 0.6) is 0 Å². The van der Waals surface area contributed by atoms with Gasteiger partial charge in [-0.15, -0.1) is 11.3 Å². The van der Waals surface area contributed by atoms with Crippen LogP contribution in [0.25, 0.3) is 0 Å². The van der Waals surface area contributed by atoms with E-state index in [1.807, 2.05) is 0 Å². The Balaban J connectivity index is 1.45. The number of fused-ring (bicyclic) bond motifs is 1. The summed E-state index contributed by atoms with van der Waals surface area (Å²) in [5.41, 5.74) is 1.19. The van der Waals surface area contributed by atoms with Gasteiger partial charge in [0.1, 0.15) is 0 Å². The molecular formula is C14H22N2O2S2. The molecule has 2 aliphatic rings. The predicted octanol–water partition coefficient (Wildman–Crippen LogP) is 1.97. The van der Waals surface area contributed by atoms with Gasteiger partial charge in [0.25, 0.3) is 0 Å². The first-order chi connectivity index (χ1) is 9.65. The number of nitrogens with zero attached hydrogens (tertiary/aromatic N) is 1. The molecule has 1 aliphatic heterocycles. The molecule has 0 aromatic carbocycles. The monoisotopic (exact) mass is 314 g/mol. The van der Waals surface area contributed by atoms with Crippen molar-refractivity contribution in [3.63, 3.8) is 0 Å². The zero-order valence-corrected chi connectivity index (χ0v) is 13.3.